The SMILES string of the molecule is CNCCc1ccc(CCC(C)(C)OC)cc1. The number of nitrogens with one attached hydrogen (secondary N) is 1. The third-order valence-corrected chi connectivity index (χ3v) is 3.25. The van der Waals surface area contributed by atoms with Gasteiger partial charge in [0.25, 0.3) is 0 Å². The fraction of sp³-hybridized carbons (Fsp3) is 0.600. The summed E-state index contributed by atoms with van der Waals surface area (Å²) in [7, 11) is 3.77. The normalized spacial score (nSPS) is 11.8. The summed E-state index contributed by atoms with van der Waals surface area (Å²) in [4.78, 5) is 0. The van der Waals surface area contributed by atoms with E-state index in [-0.39, 0.29) is 5.60 Å². The summed E-state index contributed by atoms with van der Waals surface area (Å²) in [6.45, 7) is 5.30. The van der Waals surface area contributed by atoms with E-state index in [2.05, 4.69) is 43.4 Å². The van der Waals surface area contributed by atoms with Crippen molar-refractivity contribution < 1.29 is 4.74 Å². The van der Waals surface area contributed by atoms with Crippen LogP contribution in [0, 0.1) is 0 Å². The van der Waals surface area contributed by atoms with Crippen molar-refractivity contribution in [2.24, 2.45) is 0 Å². The Kier molecular flexibility index (Phi) is 5.66. The number of ether oxygens (including phenoxy) is 1. The molecule has 0 fully saturated rings. The third-order valence-electron chi connectivity index (χ3n) is 3.25. The van der Waals surface area contributed by atoms with Gasteiger partial charge in [0.05, 0.1) is 5.60 Å². The van der Waals surface area contributed by atoms with E-state index in [0.29, 0.717) is 0 Å². The summed E-state index contributed by atoms with van der Waals surface area (Å²) >= 11 is 0. The quantitative estimate of drug-likeness (QED) is 0.784. The van der Waals surface area contributed by atoms with E-state index >= 15 is 0 Å². The molecule has 0 aliphatic heterocycles. The van der Waals surface area contributed by atoms with Gasteiger partial charge in [0.15, 0.2) is 0 Å². The molecule has 1 N–H and O–H groups in total. The van der Waals surface area contributed by atoms with Crippen molar-refractivity contribution in [3.8, 4) is 0 Å². The standard InChI is InChI=1S/C15H25NO/c1-15(2,17-4)11-9-13-5-7-14(8-6-13)10-12-16-3/h5-8,16H,9-12H2,1-4H3. The first kappa shape index (κ1) is 14.2. The van der Waals surface area contributed by atoms with Gasteiger partial charge in [0.2, 0.25) is 0 Å². The average molecular weight is 235 g/mol. The van der Waals surface area contributed by atoms with Crippen LogP contribution in [0.5, 0.6) is 0 Å². The van der Waals surface area contributed by atoms with Crippen molar-refractivity contribution in [2.75, 3.05) is 20.7 Å². The highest BCUT2D eigenvalue weighted by molar-refractivity contribution is 5.23. The summed E-state index contributed by atoms with van der Waals surface area (Å²) in [5, 5.41) is 3.17. The fourth-order valence-electron chi connectivity index (χ4n) is 1.69. The summed E-state index contributed by atoms with van der Waals surface area (Å²) in [6, 6.07) is 8.92. The first-order chi connectivity index (χ1) is 8.07. The summed E-state index contributed by atoms with van der Waals surface area (Å²) in [5.74, 6) is 0. The van der Waals surface area contributed by atoms with Crippen LogP contribution in [0.2, 0.25) is 0 Å². The second-order valence-electron chi connectivity index (χ2n) is 5.13. The van der Waals surface area contributed by atoms with Gasteiger partial charge in [0.1, 0.15) is 0 Å². The molecule has 0 spiro atoms. The van der Waals surface area contributed by atoms with Crippen LogP contribution in [0.4, 0.5) is 0 Å². The number of benzene rings is 1. The minimum atomic E-state index is -0.0230. The molecule has 0 radical (unpaired) electrons. The zero-order valence-electron chi connectivity index (χ0n) is 11.5. The maximum atomic E-state index is 5.43. The second kappa shape index (κ2) is 6.77. The molecule has 0 saturated heterocycles. The monoisotopic (exact) mass is 235 g/mol. The van der Waals surface area contributed by atoms with E-state index in [1.54, 1.807) is 7.11 Å². The van der Waals surface area contributed by atoms with Crippen molar-refractivity contribution >= 4 is 0 Å². The topological polar surface area (TPSA) is 21.3 Å². The number of rotatable bonds is 7. The van der Waals surface area contributed by atoms with Crippen molar-refractivity contribution in [3.63, 3.8) is 0 Å². The highest BCUT2D eigenvalue weighted by Crippen LogP contribution is 2.17. The number of hydrogen-bond donors (Lipinski definition) is 1. The highest BCUT2D eigenvalue weighted by atomic mass is 16.5. The second-order valence-corrected chi connectivity index (χ2v) is 5.13. The molecule has 0 saturated carbocycles. The molecule has 17 heavy (non-hydrogen) atoms. The van der Waals surface area contributed by atoms with Gasteiger partial charge < -0.3 is 10.1 Å². The Morgan fingerprint density at radius 2 is 1.59 bits per heavy atom. The molecule has 96 valence electrons. The highest BCUT2D eigenvalue weighted by Gasteiger charge is 2.15. The van der Waals surface area contributed by atoms with E-state index in [1.807, 2.05) is 7.05 Å². The van der Waals surface area contributed by atoms with Gasteiger partial charge in [-0.2, -0.15) is 0 Å². The van der Waals surface area contributed by atoms with E-state index in [9.17, 15) is 0 Å². The molecule has 0 heterocycles. The lowest BCUT2D eigenvalue weighted by Gasteiger charge is -2.22. The molecule has 1 rings (SSSR count). The Bertz CT molecular complexity index is 316. The minimum Gasteiger partial charge on any atom is -0.379 e. The average Bonchev–Trinajstić information content (AvgIpc) is 2.35. The van der Waals surface area contributed by atoms with Crippen LogP contribution in [0.15, 0.2) is 24.3 Å². The molecule has 0 aliphatic carbocycles. The number of likely N-dealkylation sites (N-methyl/N-ethyl adjacent to an activating group) is 1. The molecule has 0 amide bonds. The summed E-state index contributed by atoms with van der Waals surface area (Å²) in [5.41, 5.74) is 2.77. The van der Waals surface area contributed by atoms with Crippen molar-refractivity contribution in [1.82, 2.24) is 5.32 Å². The molecule has 1 aromatic carbocycles. The smallest absolute Gasteiger partial charge is 0.0625 e. The number of methoxy groups -OCH3 is 1. The first-order valence-corrected chi connectivity index (χ1v) is 6.35. The fourth-order valence-corrected chi connectivity index (χ4v) is 1.69. The summed E-state index contributed by atoms with van der Waals surface area (Å²) in [6.07, 6.45) is 3.23. The van der Waals surface area contributed by atoms with Gasteiger partial charge in [-0.05, 0) is 57.8 Å². The minimum absolute atomic E-state index is 0.0230. The van der Waals surface area contributed by atoms with E-state index < -0.39 is 0 Å². The van der Waals surface area contributed by atoms with Crippen LogP contribution in [0.1, 0.15) is 31.4 Å². The van der Waals surface area contributed by atoms with Crippen LogP contribution in [0.25, 0.3) is 0 Å². The van der Waals surface area contributed by atoms with Crippen LogP contribution in [0.3, 0.4) is 0 Å². The lowest BCUT2D eigenvalue weighted by Crippen LogP contribution is -2.22. The van der Waals surface area contributed by atoms with E-state index in [1.165, 1.54) is 11.1 Å². The zero-order valence-corrected chi connectivity index (χ0v) is 11.5. The Hall–Kier alpha value is -0.860. The van der Waals surface area contributed by atoms with Crippen LogP contribution in [-0.4, -0.2) is 26.3 Å². The molecular formula is C15H25NO. The molecule has 2 heteroatoms. The van der Waals surface area contributed by atoms with Crippen molar-refractivity contribution in [1.29, 1.82) is 0 Å². The van der Waals surface area contributed by atoms with Crippen molar-refractivity contribution in [3.05, 3.63) is 35.4 Å². The predicted molar refractivity (Wildman–Crippen MR) is 73.5 cm³/mol. The van der Waals surface area contributed by atoms with Gasteiger partial charge in [-0.25, -0.2) is 0 Å². The maximum absolute atomic E-state index is 5.43. The first-order valence-electron chi connectivity index (χ1n) is 6.35. The van der Waals surface area contributed by atoms with Crippen LogP contribution < -0.4 is 5.32 Å². The molecule has 1 aromatic rings. The molecule has 0 unspecified atom stereocenters. The third kappa shape index (κ3) is 5.33. The zero-order chi connectivity index (χ0) is 12.7. The van der Waals surface area contributed by atoms with E-state index in [4.69, 9.17) is 4.74 Å². The Balaban J connectivity index is 2.45. The maximum Gasteiger partial charge on any atom is 0.0625 e. The van der Waals surface area contributed by atoms with Gasteiger partial charge in [-0.1, -0.05) is 24.3 Å². The molecule has 0 aromatic heterocycles. The van der Waals surface area contributed by atoms with Gasteiger partial charge in [-0.15, -0.1) is 0 Å². The lowest BCUT2D eigenvalue weighted by molar-refractivity contribution is 0.0158. The van der Waals surface area contributed by atoms with E-state index in [0.717, 1.165) is 25.8 Å². The number of hydrogen-bond acceptors (Lipinski definition) is 2. The molecule has 0 bridgehead atoms. The molecule has 2 nitrogen and oxygen atoms in total. The Morgan fingerprint density at radius 1 is 1.06 bits per heavy atom. The molecule has 0 aliphatic rings. The van der Waals surface area contributed by atoms with Gasteiger partial charge >= 0.3 is 0 Å². The Labute approximate surface area is 105 Å². The van der Waals surface area contributed by atoms with Crippen LogP contribution >= 0.6 is 0 Å². The largest absolute Gasteiger partial charge is 0.379 e. The molecular weight excluding hydrogens is 210 g/mol. The summed E-state index contributed by atoms with van der Waals surface area (Å²) < 4.78 is 5.43. The van der Waals surface area contributed by atoms with Gasteiger partial charge in [-0.3, -0.25) is 0 Å². The number of aryl methyl sites for hydroxylation is 1. The van der Waals surface area contributed by atoms with Crippen molar-refractivity contribution in [2.45, 2.75) is 38.7 Å². The molecule has 0 atom stereocenters. The van der Waals surface area contributed by atoms with Crippen LogP contribution in [-0.2, 0) is 17.6 Å². The Morgan fingerprint density at radius 3 is 2.06 bits per heavy atom. The van der Waals surface area contributed by atoms with Gasteiger partial charge in [0, 0.05) is 7.11 Å². The lowest BCUT2D eigenvalue weighted by atomic mass is 9.97. The predicted octanol–water partition coefficient (Wildman–Crippen LogP) is 2.81.